The molecule has 0 aliphatic carbocycles. The summed E-state index contributed by atoms with van der Waals surface area (Å²) in [7, 11) is 0. The van der Waals surface area contributed by atoms with Gasteiger partial charge in [-0.15, -0.1) is 0 Å². The van der Waals surface area contributed by atoms with Crippen LogP contribution < -0.4 is 4.90 Å². The van der Waals surface area contributed by atoms with E-state index in [9.17, 15) is 14.7 Å². The van der Waals surface area contributed by atoms with Crippen LogP contribution in [0, 0.1) is 0 Å². The van der Waals surface area contributed by atoms with Crippen molar-refractivity contribution < 1.29 is 14.7 Å². The molecule has 3 aromatic carbocycles. The van der Waals surface area contributed by atoms with E-state index in [1.165, 1.54) is 0 Å². The van der Waals surface area contributed by atoms with Gasteiger partial charge in [-0.3, -0.25) is 9.59 Å². The van der Waals surface area contributed by atoms with Crippen molar-refractivity contribution in [3.8, 4) is 5.69 Å². The normalized spacial score (nSPS) is 17.3. The molecule has 2 heterocycles. The number of nitrogens with zero attached hydrogens (tertiary/aromatic N) is 2. The van der Waals surface area contributed by atoms with Crippen LogP contribution in [0.5, 0.6) is 0 Å². The van der Waals surface area contributed by atoms with E-state index in [-0.39, 0.29) is 12.2 Å². The Morgan fingerprint density at radius 3 is 2.30 bits per heavy atom. The van der Waals surface area contributed by atoms with Gasteiger partial charge in [-0.2, -0.15) is 0 Å². The minimum Gasteiger partial charge on any atom is -0.375 e. The van der Waals surface area contributed by atoms with E-state index in [1.54, 1.807) is 29.2 Å². The number of hydrogen-bond donors (Lipinski definition) is 1. The number of carbonyl (C=O) groups excluding carboxylic acids is 2. The largest absolute Gasteiger partial charge is 0.375 e. The van der Waals surface area contributed by atoms with Gasteiger partial charge in [-0.05, 0) is 60.2 Å². The molecular formula is C27H21BrN2O3. The zero-order chi connectivity index (χ0) is 23.0. The minimum absolute atomic E-state index is 0.294. The lowest BCUT2D eigenvalue weighted by Gasteiger charge is -2.23. The van der Waals surface area contributed by atoms with Gasteiger partial charge in [-0.1, -0.05) is 46.3 Å². The monoisotopic (exact) mass is 500 g/mol. The van der Waals surface area contributed by atoms with Gasteiger partial charge in [0.15, 0.2) is 11.4 Å². The molecule has 33 heavy (non-hydrogen) atoms. The number of fused-ring (bicyclic) bond motifs is 1. The summed E-state index contributed by atoms with van der Waals surface area (Å²) in [6.45, 7) is 0.316. The van der Waals surface area contributed by atoms with Crippen LogP contribution >= 0.6 is 15.9 Å². The fourth-order valence-electron chi connectivity index (χ4n) is 4.28. The molecule has 0 bridgehead atoms. The molecule has 0 saturated heterocycles. The number of hydrogen-bond acceptors (Lipinski definition) is 3. The van der Waals surface area contributed by atoms with Crippen molar-refractivity contribution in [2.75, 3.05) is 4.90 Å². The zero-order valence-corrected chi connectivity index (χ0v) is 19.3. The van der Waals surface area contributed by atoms with E-state index in [2.05, 4.69) is 15.9 Å². The number of amides is 1. The van der Waals surface area contributed by atoms with Crippen LogP contribution in [0.2, 0.25) is 0 Å². The Morgan fingerprint density at radius 1 is 0.909 bits per heavy atom. The fourth-order valence-corrected chi connectivity index (χ4v) is 4.64. The SMILES string of the molecule is O=C(C[C@@]1(O)C(=O)N(Cc2ccccc2)c2ccc(Br)cc21)c1ccc(-n2cccc2)cc1. The summed E-state index contributed by atoms with van der Waals surface area (Å²) in [5.41, 5.74) is 1.45. The third-order valence-corrected chi connectivity index (χ3v) is 6.48. The number of aromatic nitrogens is 1. The topological polar surface area (TPSA) is 62.5 Å². The van der Waals surface area contributed by atoms with Crippen LogP contribution in [0.1, 0.15) is 27.9 Å². The molecule has 1 aliphatic rings. The Labute approximate surface area is 200 Å². The van der Waals surface area contributed by atoms with E-state index in [0.29, 0.717) is 23.4 Å². The summed E-state index contributed by atoms with van der Waals surface area (Å²) in [6.07, 6.45) is 3.52. The molecule has 5 rings (SSSR count). The van der Waals surface area contributed by atoms with Crippen molar-refractivity contribution in [3.63, 3.8) is 0 Å². The Balaban J connectivity index is 1.45. The molecule has 0 unspecified atom stereocenters. The van der Waals surface area contributed by atoms with Crippen LogP contribution in [0.4, 0.5) is 5.69 Å². The summed E-state index contributed by atoms with van der Waals surface area (Å²) in [4.78, 5) is 28.2. The minimum atomic E-state index is -1.93. The van der Waals surface area contributed by atoms with Gasteiger partial charge in [0.2, 0.25) is 0 Å². The standard InChI is InChI=1S/C27H21BrN2O3/c28-21-10-13-24-23(16-21)27(33,26(32)30(24)18-19-6-2-1-3-7-19)17-25(31)20-8-11-22(12-9-20)29-14-4-5-15-29/h1-16,33H,17-18H2/t27-/m0/s1. The lowest BCUT2D eigenvalue weighted by atomic mass is 9.88. The van der Waals surface area contributed by atoms with E-state index in [1.807, 2.05) is 77.6 Å². The highest BCUT2D eigenvalue weighted by atomic mass is 79.9. The highest BCUT2D eigenvalue weighted by molar-refractivity contribution is 9.10. The Morgan fingerprint density at radius 2 is 1.61 bits per heavy atom. The molecule has 1 atom stereocenters. The van der Waals surface area contributed by atoms with Gasteiger partial charge in [0, 0.05) is 33.7 Å². The van der Waals surface area contributed by atoms with Gasteiger partial charge in [0.1, 0.15) is 0 Å². The number of halogens is 1. The number of benzene rings is 3. The molecule has 0 spiro atoms. The summed E-state index contributed by atoms with van der Waals surface area (Å²) in [6, 6.07) is 25.9. The maximum atomic E-state index is 13.5. The lowest BCUT2D eigenvalue weighted by molar-refractivity contribution is -0.136. The second kappa shape index (κ2) is 8.46. The third kappa shape index (κ3) is 3.92. The molecular weight excluding hydrogens is 480 g/mol. The summed E-state index contributed by atoms with van der Waals surface area (Å²) >= 11 is 3.43. The number of carbonyl (C=O) groups is 2. The first kappa shape index (κ1) is 21.4. The quantitative estimate of drug-likeness (QED) is 0.368. The van der Waals surface area contributed by atoms with Crippen molar-refractivity contribution in [3.05, 3.63) is 118 Å². The first-order valence-electron chi connectivity index (χ1n) is 10.6. The number of rotatable bonds is 6. The van der Waals surface area contributed by atoms with Gasteiger partial charge >= 0.3 is 0 Å². The molecule has 0 saturated carbocycles. The van der Waals surface area contributed by atoms with Crippen molar-refractivity contribution in [1.29, 1.82) is 0 Å². The van der Waals surface area contributed by atoms with Crippen LogP contribution in [-0.4, -0.2) is 21.4 Å². The number of ketones is 1. The van der Waals surface area contributed by atoms with E-state index < -0.39 is 11.5 Å². The molecule has 0 radical (unpaired) electrons. The zero-order valence-electron chi connectivity index (χ0n) is 17.7. The van der Waals surface area contributed by atoms with Crippen LogP contribution in [0.3, 0.4) is 0 Å². The number of Topliss-reactive ketones (excluding diaryl/α,β-unsaturated/α-hetero) is 1. The second-order valence-electron chi connectivity index (χ2n) is 8.14. The lowest BCUT2D eigenvalue weighted by Crippen LogP contribution is -2.41. The molecule has 1 aliphatic heterocycles. The molecule has 0 fully saturated rings. The van der Waals surface area contributed by atoms with Crippen LogP contribution in [-0.2, 0) is 16.9 Å². The molecule has 1 N–H and O–H groups in total. The van der Waals surface area contributed by atoms with Crippen LogP contribution in [0.25, 0.3) is 5.69 Å². The van der Waals surface area contributed by atoms with Gasteiger partial charge in [-0.25, -0.2) is 0 Å². The van der Waals surface area contributed by atoms with Crippen LogP contribution in [0.15, 0.2) is 102 Å². The van der Waals surface area contributed by atoms with Gasteiger partial charge < -0.3 is 14.6 Å². The third-order valence-electron chi connectivity index (χ3n) is 5.99. The first-order chi connectivity index (χ1) is 16.0. The maximum absolute atomic E-state index is 13.5. The highest BCUT2D eigenvalue weighted by Gasteiger charge is 2.51. The van der Waals surface area contributed by atoms with Crippen molar-refractivity contribution in [2.45, 2.75) is 18.6 Å². The summed E-state index contributed by atoms with van der Waals surface area (Å²) in [5, 5.41) is 11.6. The van der Waals surface area contributed by atoms with Crippen molar-refractivity contribution in [1.82, 2.24) is 4.57 Å². The Bertz CT molecular complexity index is 1320. The molecule has 4 aromatic rings. The van der Waals surface area contributed by atoms with Crippen molar-refractivity contribution in [2.24, 2.45) is 0 Å². The van der Waals surface area contributed by atoms with E-state index in [0.717, 1.165) is 15.7 Å². The molecule has 164 valence electrons. The van der Waals surface area contributed by atoms with E-state index >= 15 is 0 Å². The fraction of sp³-hybridized carbons (Fsp3) is 0.111. The first-order valence-corrected chi connectivity index (χ1v) is 11.4. The van der Waals surface area contributed by atoms with Gasteiger partial charge in [0.05, 0.1) is 18.7 Å². The Kier molecular flexibility index (Phi) is 5.48. The number of aliphatic hydroxyl groups is 1. The molecule has 6 heteroatoms. The second-order valence-corrected chi connectivity index (χ2v) is 9.05. The summed E-state index contributed by atoms with van der Waals surface area (Å²) in [5.74, 6) is -0.783. The average molecular weight is 501 g/mol. The molecule has 1 aromatic heterocycles. The molecule has 5 nitrogen and oxygen atoms in total. The summed E-state index contributed by atoms with van der Waals surface area (Å²) < 4.78 is 2.68. The Hall–Kier alpha value is -3.48. The average Bonchev–Trinajstić information content (AvgIpc) is 3.43. The van der Waals surface area contributed by atoms with E-state index in [4.69, 9.17) is 0 Å². The predicted molar refractivity (Wildman–Crippen MR) is 130 cm³/mol. The maximum Gasteiger partial charge on any atom is 0.264 e. The van der Waals surface area contributed by atoms with Gasteiger partial charge in [0.25, 0.3) is 5.91 Å². The molecule has 1 amide bonds. The van der Waals surface area contributed by atoms with Crippen molar-refractivity contribution >= 4 is 33.3 Å². The number of anilines is 1. The highest BCUT2D eigenvalue weighted by Crippen LogP contribution is 2.44. The predicted octanol–water partition coefficient (Wildman–Crippen LogP) is 5.25. The smallest absolute Gasteiger partial charge is 0.264 e.